The van der Waals surface area contributed by atoms with E-state index in [2.05, 4.69) is 40.9 Å². The highest BCUT2D eigenvalue weighted by molar-refractivity contribution is 7.10. The van der Waals surface area contributed by atoms with Crippen LogP contribution in [0, 0.1) is 6.92 Å². The van der Waals surface area contributed by atoms with Gasteiger partial charge in [0.1, 0.15) is 0 Å². The minimum atomic E-state index is 0.246. The van der Waals surface area contributed by atoms with Gasteiger partial charge in [-0.25, -0.2) is 0 Å². The number of nitrogens with one attached hydrogen (secondary N) is 2. The third-order valence-corrected chi connectivity index (χ3v) is 3.43. The highest BCUT2D eigenvalue weighted by atomic mass is 32.1. The van der Waals surface area contributed by atoms with Gasteiger partial charge in [-0.2, -0.15) is 0 Å². The molecule has 1 aromatic rings. The minimum Gasteiger partial charge on any atom is -0.383 e. The summed E-state index contributed by atoms with van der Waals surface area (Å²) in [4.78, 5) is 5.52. The summed E-state index contributed by atoms with van der Waals surface area (Å²) >= 11 is 1.76. The lowest BCUT2D eigenvalue weighted by Gasteiger charge is -2.17. The second-order valence-electron chi connectivity index (χ2n) is 3.95. The van der Waals surface area contributed by atoms with Crippen molar-refractivity contribution in [2.75, 3.05) is 20.8 Å². The van der Waals surface area contributed by atoms with Crippen molar-refractivity contribution >= 4 is 17.3 Å². The minimum absolute atomic E-state index is 0.246. The zero-order chi connectivity index (χ0) is 12.7. The number of thiophene rings is 1. The molecule has 0 aliphatic carbocycles. The molecule has 0 fully saturated rings. The van der Waals surface area contributed by atoms with E-state index in [9.17, 15) is 0 Å². The van der Waals surface area contributed by atoms with Crippen LogP contribution < -0.4 is 10.6 Å². The van der Waals surface area contributed by atoms with Crippen molar-refractivity contribution in [1.82, 2.24) is 10.6 Å². The average molecular weight is 255 g/mol. The molecule has 0 bridgehead atoms. The van der Waals surface area contributed by atoms with E-state index in [0.29, 0.717) is 6.61 Å². The summed E-state index contributed by atoms with van der Waals surface area (Å²) in [5, 5.41) is 8.67. The summed E-state index contributed by atoms with van der Waals surface area (Å²) in [6, 6.07) is 2.38. The Kier molecular flexibility index (Phi) is 6.00. The maximum Gasteiger partial charge on any atom is 0.191 e. The molecular formula is C12H21N3OS. The number of methoxy groups -OCH3 is 1. The number of rotatable bonds is 5. The quantitative estimate of drug-likeness (QED) is 0.622. The third kappa shape index (κ3) is 4.75. The van der Waals surface area contributed by atoms with E-state index in [1.165, 1.54) is 10.4 Å². The van der Waals surface area contributed by atoms with Gasteiger partial charge in [-0.3, -0.25) is 4.99 Å². The molecule has 5 heteroatoms. The summed E-state index contributed by atoms with van der Waals surface area (Å²) in [6.07, 6.45) is 0. The van der Waals surface area contributed by atoms with Crippen LogP contribution in [-0.2, 0) is 11.3 Å². The zero-order valence-corrected chi connectivity index (χ0v) is 11.7. The van der Waals surface area contributed by atoms with Crippen LogP contribution in [0.15, 0.2) is 16.4 Å². The second kappa shape index (κ2) is 7.29. The number of aryl methyl sites for hydroxylation is 1. The first kappa shape index (κ1) is 14.0. The predicted molar refractivity (Wildman–Crippen MR) is 73.7 cm³/mol. The van der Waals surface area contributed by atoms with Gasteiger partial charge in [0.05, 0.1) is 13.2 Å². The van der Waals surface area contributed by atoms with Gasteiger partial charge in [0.2, 0.25) is 0 Å². The molecule has 0 radical (unpaired) electrons. The molecule has 96 valence electrons. The van der Waals surface area contributed by atoms with E-state index in [0.717, 1.165) is 12.5 Å². The van der Waals surface area contributed by atoms with Crippen LogP contribution in [-0.4, -0.2) is 32.8 Å². The van der Waals surface area contributed by atoms with Crippen LogP contribution in [0.1, 0.15) is 17.4 Å². The maximum absolute atomic E-state index is 5.08. The Balaban J connectivity index is 2.41. The largest absolute Gasteiger partial charge is 0.383 e. The highest BCUT2D eigenvalue weighted by Gasteiger charge is 2.05. The molecule has 0 spiro atoms. The summed E-state index contributed by atoms with van der Waals surface area (Å²) in [6.45, 7) is 5.66. The summed E-state index contributed by atoms with van der Waals surface area (Å²) < 4.78 is 5.08. The Labute approximate surface area is 107 Å². The van der Waals surface area contributed by atoms with Gasteiger partial charge in [-0.05, 0) is 30.9 Å². The van der Waals surface area contributed by atoms with E-state index < -0.39 is 0 Å². The van der Waals surface area contributed by atoms with Crippen LogP contribution in [0.4, 0.5) is 0 Å². The first-order chi connectivity index (χ1) is 8.17. The summed E-state index contributed by atoms with van der Waals surface area (Å²) in [5.74, 6) is 0.808. The molecule has 0 aliphatic rings. The smallest absolute Gasteiger partial charge is 0.191 e. The molecule has 1 atom stereocenters. The molecule has 0 aromatic carbocycles. The van der Waals surface area contributed by atoms with Gasteiger partial charge in [-0.1, -0.05) is 0 Å². The van der Waals surface area contributed by atoms with E-state index in [-0.39, 0.29) is 6.04 Å². The second-order valence-corrected chi connectivity index (χ2v) is 4.95. The van der Waals surface area contributed by atoms with Gasteiger partial charge < -0.3 is 15.4 Å². The van der Waals surface area contributed by atoms with Gasteiger partial charge in [0, 0.05) is 25.1 Å². The average Bonchev–Trinajstić information content (AvgIpc) is 2.70. The van der Waals surface area contributed by atoms with Gasteiger partial charge in [-0.15, -0.1) is 11.3 Å². The van der Waals surface area contributed by atoms with Gasteiger partial charge in [0.25, 0.3) is 0 Å². The molecule has 1 heterocycles. The molecular weight excluding hydrogens is 234 g/mol. The zero-order valence-electron chi connectivity index (χ0n) is 10.9. The van der Waals surface area contributed by atoms with Crippen molar-refractivity contribution in [3.63, 3.8) is 0 Å². The van der Waals surface area contributed by atoms with E-state index >= 15 is 0 Å². The van der Waals surface area contributed by atoms with Crippen molar-refractivity contribution in [1.29, 1.82) is 0 Å². The maximum atomic E-state index is 5.08. The number of aliphatic imine (C=N–C) groups is 1. The van der Waals surface area contributed by atoms with E-state index in [1.807, 2.05) is 0 Å². The standard InChI is InChI=1S/C12H21N3OS/c1-9-5-6-17-11(9)7-14-12(13-3)15-10(2)8-16-4/h5-6,10H,7-8H2,1-4H3,(H2,13,14,15). The normalized spacial score (nSPS) is 13.5. The lowest BCUT2D eigenvalue weighted by molar-refractivity contribution is 0.179. The highest BCUT2D eigenvalue weighted by Crippen LogP contribution is 2.14. The van der Waals surface area contributed by atoms with Crippen molar-refractivity contribution < 1.29 is 4.74 Å². The number of hydrogen-bond donors (Lipinski definition) is 2. The van der Waals surface area contributed by atoms with E-state index in [1.54, 1.807) is 25.5 Å². The molecule has 1 unspecified atom stereocenters. The topological polar surface area (TPSA) is 45.7 Å². The molecule has 0 aliphatic heterocycles. The SMILES string of the molecule is CN=C(NCc1sccc1C)NC(C)COC. The van der Waals surface area contributed by atoms with Crippen molar-refractivity contribution in [3.8, 4) is 0 Å². The Bertz CT molecular complexity index is 362. The fraction of sp³-hybridized carbons (Fsp3) is 0.583. The Morgan fingerprint density at radius 2 is 2.35 bits per heavy atom. The van der Waals surface area contributed by atoms with Crippen LogP contribution in [0.3, 0.4) is 0 Å². The van der Waals surface area contributed by atoms with Crippen LogP contribution >= 0.6 is 11.3 Å². The Morgan fingerprint density at radius 1 is 1.59 bits per heavy atom. The van der Waals surface area contributed by atoms with E-state index in [4.69, 9.17) is 4.74 Å². The monoisotopic (exact) mass is 255 g/mol. The van der Waals surface area contributed by atoms with Gasteiger partial charge in [0.15, 0.2) is 5.96 Å². The first-order valence-electron chi connectivity index (χ1n) is 5.66. The number of hydrogen-bond acceptors (Lipinski definition) is 3. The van der Waals surface area contributed by atoms with Crippen molar-refractivity contribution in [3.05, 3.63) is 21.9 Å². The first-order valence-corrected chi connectivity index (χ1v) is 6.54. The van der Waals surface area contributed by atoms with Gasteiger partial charge >= 0.3 is 0 Å². The molecule has 0 saturated carbocycles. The molecule has 0 amide bonds. The van der Waals surface area contributed by atoms with Crippen molar-refractivity contribution in [2.45, 2.75) is 26.4 Å². The van der Waals surface area contributed by atoms with Crippen LogP contribution in [0.5, 0.6) is 0 Å². The molecule has 4 nitrogen and oxygen atoms in total. The molecule has 1 aromatic heterocycles. The molecule has 1 rings (SSSR count). The van der Waals surface area contributed by atoms with Crippen LogP contribution in [0.2, 0.25) is 0 Å². The number of nitrogens with zero attached hydrogens (tertiary/aromatic N) is 1. The number of ether oxygens (including phenoxy) is 1. The summed E-state index contributed by atoms with van der Waals surface area (Å²) in [5.41, 5.74) is 1.32. The third-order valence-electron chi connectivity index (χ3n) is 2.41. The fourth-order valence-electron chi connectivity index (χ4n) is 1.47. The van der Waals surface area contributed by atoms with Crippen LogP contribution in [0.25, 0.3) is 0 Å². The Hall–Kier alpha value is -1.07. The molecule has 0 saturated heterocycles. The fourth-order valence-corrected chi connectivity index (χ4v) is 2.31. The molecule has 2 N–H and O–H groups in total. The summed E-state index contributed by atoms with van der Waals surface area (Å²) in [7, 11) is 3.47. The lowest BCUT2D eigenvalue weighted by atomic mass is 10.3. The Morgan fingerprint density at radius 3 is 2.88 bits per heavy atom. The lowest BCUT2D eigenvalue weighted by Crippen LogP contribution is -2.43. The molecule has 17 heavy (non-hydrogen) atoms. The predicted octanol–water partition coefficient (Wildman–Crippen LogP) is 1.76. The van der Waals surface area contributed by atoms with Crippen molar-refractivity contribution in [2.24, 2.45) is 4.99 Å². The number of guanidine groups is 1.